The third-order valence-electron chi connectivity index (χ3n) is 3.46. The van der Waals surface area contributed by atoms with E-state index in [4.69, 9.17) is 4.74 Å². The first-order valence-electron chi connectivity index (χ1n) is 6.99. The fourth-order valence-electron chi connectivity index (χ4n) is 2.19. The van der Waals surface area contributed by atoms with Crippen molar-refractivity contribution in [2.75, 3.05) is 13.1 Å². The van der Waals surface area contributed by atoms with Crippen LogP contribution in [-0.4, -0.2) is 25.2 Å². The van der Waals surface area contributed by atoms with Crippen LogP contribution >= 0.6 is 0 Å². The first kappa shape index (κ1) is 13.9. The van der Waals surface area contributed by atoms with Gasteiger partial charge in [0.05, 0.1) is 0 Å². The smallest absolute Gasteiger partial charge is 0.407 e. The summed E-state index contributed by atoms with van der Waals surface area (Å²) in [6.45, 7) is 4.38. The van der Waals surface area contributed by atoms with Crippen molar-refractivity contribution in [3.8, 4) is 0 Å². The Morgan fingerprint density at radius 1 is 1.26 bits per heavy atom. The summed E-state index contributed by atoms with van der Waals surface area (Å²) in [6, 6.07) is 8.41. The normalized spacial score (nSPS) is 16.1. The maximum Gasteiger partial charge on any atom is 0.407 e. The molecule has 1 aromatic carbocycles. The van der Waals surface area contributed by atoms with Gasteiger partial charge in [-0.15, -0.1) is 0 Å². The molecule has 0 radical (unpaired) electrons. The zero-order chi connectivity index (χ0) is 13.5. The van der Waals surface area contributed by atoms with Gasteiger partial charge < -0.3 is 15.4 Å². The number of alkyl carbamates (subject to hydrolysis) is 1. The summed E-state index contributed by atoms with van der Waals surface area (Å²) in [5.41, 5.74) is 2.32. The van der Waals surface area contributed by atoms with E-state index in [1.807, 2.05) is 12.1 Å². The fraction of sp³-hybridized carbons (Fsp3) is 0.533. The van der Waals surface area contributed by atoms with Crippen LogP contribution in [0.1, 0.15) is 30.9 Å². The van der Waals surface area contributed by atoms with Crippen LogP contribution in [0.4, 0.5) is 4.79 Å². The number of rotatable bonds is 4. The number of amides is 1. The number of hydrogen-bond acceptors (Lipinski definition) is 3. The number of piperidine rings is 1. The molecule has 0 aliphatic carbocycles. The molecule has 1 saturated heterocycles. The number of aryl methyl sites for hydroxylation is 1. The molecule has 0 saturated carbocycles. The zero-order valence-electron chi connectivity index (χ0n) is 11.4. The lowest BCUT2D eigenvalue weighted by Crippen LogP contribution is -2.42. The van der Waals surface area contributed by atoms with Crippen molar-refractivity contribution < 1.29 is 9.53 Å². The lowest BCUT2D eigenvalue weighted by molar-refractivity contribution is 0.133. The van der Waals surface area contributed by atoms with Crippen LogP contribution in [-0.2, 0) is 17.8 Å². The highest BCUT2D eigenvalue weighted by atomic mass is 16.5. The molecule has 1 fully saturated rings. The molecular formula is C15H22N2O2. The molecule has 1 aromatic rings. The Morgan fingerprint density at radius 3 is 2.53 bits per heavy atom. The fourth-order valence-corrected chi connectivity index (χ4v) is 2.19. The molecule has 0 atom stereocenters. The molecule has 0 aromatic heterocycles. The van der Waals surface area contributed by atoms with Crippen LogP contribution in [0, 0.1) is 0 Å². The van der Waals surface area contributed by atoms with Crippen molar-refractivity contribution >= 4 is 6.09 Å². The molecule has 0 unspecified atom stereocenters. The van der Waals surface area contributed by atoms with Crippen LogP contribution in [0.15, 0.2) is 24.3 Å². The quantitative estimate of drug-likeness (QED) is 0.875. The Hall–Kier alpha value is -1.55. The van der Waals surface area contributed by atoms with Crippen molar-refractivity contribution in [1.29, 1.82) is 0 Å². The lowest BCUT2D eigenvalue weighted by atomic mass is 10.1. The van der Waals surface area contributed by atoms with Crippen LogP contribution < -0.4 is 10.6 Å². The van der Waals surface area contributed by atoms with E-state index in [2.05, 4.69) is 29.7 Å². The summed E-state index contributed by atoms with van der Waals surface area (Å²) >= 11 is 0. The van der Waals surface area contributed by atoms with Gasteiger partial charge in [-0.25, -0.2) is 4.79 Å². The third kappa shape index (κ3) is 4.56. The van der Waals surface area contributed by atoms with E-state index in [0.717, 1.165) is 37.9 Å². The minimum atomic E-state index is -0.313. The molecule has 2 rings (SSSR count). The predicted octanol–water partition coefficient (Wildman–Crippen LogP) is 2.23. The first-order chi connectivity index (χ1) is 9.28. The van der Waals surface area contributed by atoms with E-state index in [1.54, 1.807) is 0 Å². The average Bonchev–Trinajstić information content (AvgIpc) is 2.47. The number of carbonyl (C=O) groups excluding carboxylic acids is 1. The minimum Gasteiger partial charge on any atom is -0.445 e. The predicted molar refractivity (Wildman–Crippen MR) is 75.0 cm³/mol. The van der Waals surface area contributed by atoms with Crippen molar-refractivity contribution in [1.82, 2.24) is 10.6 Å². The van der Waals surface area contributed by atoms with Gasteiger partial charge in [-0.05, 0) is 43.5 Å². The SMILES string of the molecule is CCc1ccc(COC(=O)NC2CCNCC2)cc1. The van der Waals surface area contributed by atoms with Crippen molar-refractivity contribution in [2.24, 2.45) is 0 Å². The molecule has 0 bridgehead atoms. The van der Waals surface area contributed by atoms with Crippen molar-refractivity contribution in [3.63, 3.8) is 0 Å². The van der Waals surface area contributed by atoms with Gasteiger partial charge in [0, 0.05) is 6.04 Å². The van der Waals surface area contributed by atoms with Crippen LogP contribution in [0.2, 0.25) is 0 Å². The van der Waals surface area contributed by atoms with Gasteiger partial charge in [-0.1, -0.05) is 31.2 Å². The zero-order valence-corrected chi connectivity index (χ0v) is 11.4. The Balaban J connectivity index is 1.72. The minimum absolute atomic E-state index is 0.246. The standard InChI is InChI=1S/C15H22N2O2/c1-2-12-3-5-13(6-4-12)11-19-15(18)17-14-7-9-16-10-8-14/h3-6,14,16H,2,7-11H2,1H3,(H,17,18). The van der Waals surface area contributed by atoms with Gasteiger partial charge in [0.2, 0.25) is 0 Å². The third-order valence-corrected chi connectivity index (χ3v) is 3.46. The molecule has 1 aliphatic heterocycles. The average molecular weight is 262 g/mol. The monoisotopic (exact) mass is 262 g/mol. The highest BCUT2D eigenvalue weighted by Crippen LogP contribution is 2.07. The molecule has 1 aliphatic rings. The number of carbonyl (C=O) groups is 1. The number of nitrogens with one attached hydrogen (secondary N) is 2. The van der Waals surface area contributed by atoms with E-state index < -0.39 is 0 Å². The van der Waals surface area contributed by atoms with Crippen molar-refractivity contribution in [2.45, 2.75) is 38.8 Å². The summed E-state index contributed by atoms with van der Waals surface area (Å²) < 4.78 is 5.23. The molecule has 1 heterocycles. The first-order valence-corrected chi connectivity index (χ1v) is 6.99. The molecule has 4 nitrogen and oxygen atoms in total. The Labute approximate surface area is 114 Å². The van der Waals surface area contributed by atoms with E-state index in [9.17, 15) is 4.79 Å². The molecular weight excluding hydrogens is 240 g/mol. The van der Waals surface area contributed by atoms with Crippen LogP contribution in [0.3, 0.4) is 0 Å². The summed E-state index contributed by atoms with van der Waals surface area (Å²) in [7, 11) is 0. The van der Waals surface area contributed by atoms with Gasteiger partial charge in [0.25, 0.3) is 0 Å². The van der Waals surface area contributed by atoms with Gasteiger partial charge in [0.15, 0.2) is 0 Å². The molecule has 0 spiro atoms. The Morgan fingerprint density at radius 2 is 1.89 bits per heavy atom. The van der Waals surface area contributed by atoms with Crippen LogP contribution in [0.25, 0.3) is 0 Å². The highest BCUT2D eigenvalue weighted by Gasteiger charge is 2.15. The second-order valence-electron chi connectivity index (χ2n) is 4.91. The topological polar surface area (TPSA) is 50.4 Å². The summed E-state index contributed by atoms with van der Waals surface area (Å²) in [5, 5.41) is 6.17. The second-order valence-corrected chi connectivity index (χ2v) is 4.91. The van der Waals surface area contributed by atoms with Crippen LogP contribution in [0.5, 0.6) is 0 Å². The number of hydrogen-bond donors (Lipinski definition) is 2. The molecule has 2 N–H and O–H groups in total. The van der Waals surface area contributed by atoms with Gasteiger partial charge in [-0.2, -0.15) is 0 Å². The molecule has 1 amide bonds. The van der Waals surface area contributed by atoms with E-state index in [0.29, 0.717) is 6.61 Å². The van der Waals surface area contributed by atoms with E-state index in [-0.39, 0.29) is 12.1 Å². The largest absolute Gasteiger partial charge is 0.445 e. The summed E-state index contributed by atoms with van der Waals surface area (Å²) in [5.74, 6) is 0. The van der Waals surface area contributed by atoms with Gasteiger partial charge >= 0.3 is 6.09 Å². The van der Waals surface area contributed by atoms with Gasteiger partial charge in [-0.3, -0.25) is 0 Å². The lowest BCUT2D eigenvalue weighted by Gasteiger charge is -2.23. The highest BCUT2D eigenvalue weighted by molar-refractivity contribution is 5.67. The van der Waals surface area contributed by atoms with Gasteiger partial charge in [0.1, 0.15) is 6.61 Å². The maximum absolute atomic E-state index is 11.7. The number of ether oxygens (including phenoxy) is 1. The summed E-state index contributed by atoms with van der Waals surface area (Å²) in [4.78, 5) is 11.7. The molecule has 104 valence electrons. The Bertz CT molecular complexity index is 397. The van der Waals surface area contributed by atoms with E-state index >= 15 is 0 Å². The maximum atomic E-state index is 11.7. The number of benzene rings is 1. The van der Waals surface area contributed by atoms with Crippen molar-refractivity contribution in [3.05, 3.63) is 35.4 Å². The second kappa shape index (κ2) is 7.14. The molecule has 4 heteroatoms. The molecule has 19 heavy (non-hydrogen) atoms. The van der Waals surface area contributed by atoms with E-state index in [1.165, 1.54) is 5.56 Å². The Kier molecular flexibility index (Phi) is 5.21. The summed E-state index contributed by atoms with van der Waals surface area (Å²) in [6.07, 6.45) is 2.66.